The second-order valence-corrected chi connectivity index (χ2v) is 3.45. The van der Waals surface area contributed by atoms with Crippen molar-refractivity contribution in [2.45, 2.75) is 19.4 Å². The fraction of sp³-hybridized carbons (Fsp3) is 0.875. The molecule has 0 aromatic rings. The van der Waals surface area contributed by atoms with Crippen LogP contribution < -0.4 is 5.32 Å². The number of carboxylic acids is 1. The summed E-state index contributed by atoms with van der Waals surface area (Å²) in [7, 11) is 0. The Balaban J connectivity index is 2.40. The van der Waals surface area contributed by atoms with E-state index in [0.717, 1.165) is 0 Å². The van der Waals surface area contributed by atoms with Crippen LogP contribution in [-0.2, 0) is 4.79 Å². The van der Waals surface area contributed by atoms with Crippen molar-refractivity contribution in [2.24, 2.45) is 11.8 Å². The van der Waals surface area contributed by atoms with Gasteiger partial charge in [-0.05, 0) is 24.8 Å². The first-order valence-electron chi connectivity index (χ1n) is 4.22. The number of aliphatic hydroxyl groups excluding tert-OH is 1. The summed E-state index contributed by atoms with van der Waals surface area (Å²) in [5.74, 6) is -0.291. The molecule has 0 saturated carbocycles. The normalized spacial score (nSPS) is 31.8. The van der Waals surface area contributed by atoms with Gasteiger partial charge < -0.3 is 15.5 Å². The van der Waals surface area contributed by atoms with Gasteiger partial charge in [0.1, 0.15) is 6.04 Å². The minimum Gasteiger partial charge on any atom is -0.480 e. The Morgan fingerprint density at radius 1 is 1.75 bits per heavy atom. The van der Waals surface area contributed by atoms with Gasteiger partial charge in [-0.15, -0.1) is 0 Å². The molecule has 0 bridgehead atoms. The predicted molar refractivity (Wildman–Crippen MR) is 43.8 cm³/mol. The summed E-state index contributed by atoms with van der Waals surface area (Å²) >= 11 is 0. The molecule has 1 rings (SSSR count). The van der Waals surface area contributed by atoms with Crippen LogP contribution in [0.2, 0.25) is 0 Å². The number of carboxylic acid groups (broad SMARTS) is 1. The molecule has 0 aliphatic carbocycles. The van der Waals surface area contributed by atoms with Crippen molar-refractivity contribution in [1.29, 1.82) is 0 Å². The molecule has 1 aliphatic heterocycles. The number of hydrogen-bond acceptors (Lipinski definition) is 3. The molecule has 0 spiro atoms. The molecule has 1 aliphatic rings. The summed E-state index contributed by atoms with van der Waals surface area (Å²) in [6, 6.07) is -0.413. The predicted octanol–water partition coefficient (Wildman–Crippen LogP) is -0.323. The average Bonchev–Trinajstić information content (AvgIpc) is 2.51. The first-order chi connectivity index (χ1) is 5.65. The van der Waals surface area contributed by atoms with Gasteiger partial charge in [-0.1, -0.05) is 6.92 Å². The molecule has 4 heteroatoms. The summed E-state index contributed by atoms with van der Waals surface area (Å²) in [4.78, 5) is 10.5. The molecule has 1 heterocycles. The molecule has 2 unspecified atom stereocenters. The summed E-state index contributed by atoms with van der Waals surface area (Å²) < 4.78 is 0. The zero-order valence-corrected chi connectivity index (χ0v) is 7.16. The summed E-state index contributed by atoms with van der Waals surface area (Å²) in [5, 5.41) is 20.4. The van der Waals surface area contributed by atoms with Crippen LogP contribution in [0.5, 0.6) is 0 Å². The zero-order chi connectivity index (χ0) is 9.14. The molecular weight excluding hydrogens is 158 g/mol. The van der Waals surface area contributed by atoms with Crippen molar-refractivity contribution in [3.8, 4) is 0 Å². The minimum absolute atomic E-state index is 0.138. The Hall–Kier alpha value is -0.610. The van der Waals surface area contributed by atoms with E-state index in [1.165, 1.54) is 0 Å². The summed E-state index contributed by atoms with van der Waals surface area (Å²) in [5.41, 5.74) is 0. The molecule has 1 saturated heterocycles. The second kappa shape index (κ2) is 3.87. The number of aliphatic hydroxyl groups is 1. The molecule has 0 aromatic carbocycles. The molecule has 4 nitrogen and oxygen atoms in total. The molecule has 12 heavy (non-hydrogen) atoms. The van der Waals surface area contributed by atoms with Crippen molar-refractivity contribution < 1.29 is 15.0 Å². The van der Waals surface area contributed by atoms with Crippen LogP contribution in [0.1, 0.15) is 13.3 Å². The number of rotatable bonds is 3. The lowest BCUT2D eigenvalue weighted by atomic mass is 9.92. The smallest absolute Gasteiger partial charge is 0.320 e. The van der Waals surface area contributed by atoms with Crippen LogP contribution in [0.4, 0.5) is 0 Å². The Morgan fingerprint density at radius 3 is 2.83 bits per heavy atom. The SMILES string of the molecule is CC(CO)C1CN[C@H](C(=O)O)C1. The van der Waals surface area contributed by atoms with E-state index in [1.807, 2.05) is 6.92 Å². The fourth-order valence-corrected chi connectivity index (χ4v) is 1.53. The lowest BCUT2D eigenvalue weighted by Crippen LogP contribution is -2.29. The van der Waals surface area contributed by atoms with Gasteiger partial charge in [0.2, 0.25) is 0 Å². The Bertz CT molecular complexity index is 172. The highest BCUT2D eigenvalue weighted by Crippen LogP contribution is 2.21. The van der Waals surface area contributed by atoms with Gasteiger partial charge in [0.05, 0.1) is 0 Å². The highest BCUT2D eigenvalue weighted by Gasteiger charge is 2.31. The standard InChI is InChI=1S/C8H15NO3/c1-5(4-10)6-2-7(8(11)12)9-3-6/h5-7,9-10H,2-4H2,1H3,(H,11,12)/t5?,6?,7-/m0/s1. The molecule has 70 valence electrons. The first-order valence-corrected chi connectivity index (χ1v) is 4.22. The third-order valence-electron chi connectivity index (χ3n) is 2.56. The van der Waals surface area contributed by atoms with Gasteiger partial charge in [-0.25, -0.2) is 0 Å². The Labute approximate surface area is 71.6 Å². The van der Waals surface area contributed by atoms with Gasteiger partial charge in [0.15, 0.2) is 0 Å². The topological polar surface area (TPSA) is 69.6 Å². The zero-order valence-electron chi connectivity index (χ0n) is 7.16. The molecular formula is C8H15NO3. The lowest BCUT2D eigenvalue weighted by molar-refractivity contribution is -0.139. The van der Waals surface area contributed by atoms with Crippen LogP contribution >= 0.6 is 0 Å². The maximum atomic E-state index is 10.5. The maximum Gasteiger partial charge on any atom is 0.320 e. The van der Waals surface area contributed by atoms with Crippen LogP contribution in [-0.4, -0.2) is 35.4 Å². The van der Waals surface area contributed by atoms with Gasteiger partial charge in [-0.2, -0.15) is 0 Å². The van der Waals surface area contributed by atoms with Crippen molar-refractivity contribution >= 4 is 5.97 Å². The van der Waals surface area contributed by atoms with Gasteiger partial charge in [0.25, 0.3) is 0 Å². The molecule has 0 amide bonds. The average molecular weight is 173 g/mol. The van der Waals surface area contributed by atoms with E-state index in [4.69, 9.17) is 10.2 Å². The number of hydrogen-bond donors (Lipinski definition) is 3. The highest BCUT2D eigenvalue weighted by atomic mass is 16.4. The van der Waals surface area contributed by atoms with E-state index in [0.29, 0.717) is 18.9 Å². The van der Waals surface area contributed by atoms with Crippen molar-refractivity contribution in [1.82, 2.24) is 5.32 Å². The minimum atomic E-state index is -0.789. The summed E-state index contributed by atoms with van der Waals surface area (Å²) in [6.07, 6.45) is 0.636. The van der Waals surface area contributed by atoms with Crippen LogP contribution in [0.25, 0.3) is 0 Å². The third-order valence-corrected chi connectivity index (χ3v) is 2.56. The number of aliphatic carboxylic acids is 1. The quantitative estimate of drug-likeness (QED) is 0.547. The van der Waals surface area contributed by atoms with Crippen LogP contribution in [0, 0.1) is 11.8 Å². The first kappa shape index (κ1) is 9.48. The monoisotopic (exact) mass is 173 g/mol. The van der Waals surface area contributed by atoms with E-state index < -0.39 is 12.0 Å². The van der Waals surface area contributed by atoms with E-state index in [-0.39, 0.29) is 12.5 Å². The van der Waals surface area contributed by atoms with Crippen molar-refractivity contribution in [3.05, 3.63) is 0 Å². The van der Waals surface area contributed by atoms with Gasteiger partial charge in [-0.3, -0.25) is 4.79 Å². The second-order valence-electron chi connectivity index (χ2n) is 3.45. The molecule has 3 atom stereocenters. The van der Waals surface area contributed by atoms with Crippen LogP contribution in [0.15, 0.2) is 0 Å². The van der Waals surface area contributed by atoms with Crippen molar-refractivity contribution in [3.63, 3.8) is 0 Å². The number of carbonyl (C=O) groups is 1. The van der Waals surface area contributed by atoms with E-state index in [2.05, 4.69) is 5.32 Å². The molecule has 0 aromatic heterocycles. The van der Waals surface area contributed by atoms with E-state index >= 15 is 0 Å². The Kier molecular flexibility index (Phi) is 3.05. The molecule has 3 N–H and O–H groups in total. The van der Waals surface area contributed by atoms with E-state index in [9.17, 15) is 4.79 Å². The Morgan fingerprint density at radius 2 is 2.42 bits per heavy atom. The maximum absolute atomic E-state index is 10.5. The van der Waals surface area contributed by atoms with E-state index in [1.54, 1.807) is 0 Å². The number of nitrogens with one attached hydrogen (secondary N) is 1. The fourth-order valence-electron chi connectivity index (χ4n) is 1.53. The lowest BCUT2D eigenvalue weighted by Gasteiger charge is -2.14. The highest BCUT2D eigenvalue weighted by molar-refractivity contribution is 5.73. The van der Waals surface area contributed by atoms with Gasteiger partial charge >= 0.3 is 5.97 Å². The van der Waals surface area contributed by atoms with Crippen LogP contribution in [0.3, 0.4) is 0 Å². The van der Waals surface area contributed by atoms with Gasteiger partial charge in [0, 0.05) is 6.61 Å². The summed E-state index contributed by atoms with van der Waals surface area (Å²) in [6.45, 7) is 2.79. The molecule has 1 fully saturated rings. The third kappa shape index (κ3) is 1.95. The molecule has 0 radical (unpaired) electrons. The largest absolute Gasteiger partial charge is 0.480 e. The van der Waals surface area contributed by atoms with Crippen molar-refractivity contribution in [2.75, 3.05) is 13.2 Å².